The van der Waals surface area contributed by atoms with Crippen LogP contribution in [0.15, 0.2) is 18.6 Å². The molecule has 0 bridgehead atoms. The fourth-order valence-electron chi connectivity index (χ4n) is 2.50. The highest BCUT2D eigenvalue weighted by molar-refractivity contribution is 5.86. The van der Waals surface area contributed by atoms with Gasteiger partial charge < -0.3 is 25.3 Å². The third-order valence-electron chi connectivity index (χ3n) is 3.62. The fourth-order valence-corrected chi connectivity index (χ4v) is 2.50. The molecular formula is C12H16N4O3. The van der Waals surface area contributed by atoms with Crippen molar-refractivity contribution in [1.29, 1.82) is 0 Å². The van der Waals surface area contributed by atoms with Crippen molar-refractivity contribution in [3.05, 3.63) is 18.6 Å². The quantitative estimate of drug-likeness (QED) is 0.707. The molecule has 1 aliphatic heterocycles. The third-order valence-corrected chi connectivity index (χ3v) is 3.62. The summed E-state index contributed by atoms with van der Waals surface area (Å²) < 4.78 is 7.48. The van der Waals surface area contributed by atoms with Gasteiger partial charge in [-0.1, -0.05) is 0 Å². The Morgan fingerprint density at radius 1 is 1.58 bits per heavy atom. The summed E-state index contributed by atoms with van der Waals surface area (Å²) in [5.41, 5.74) is 5.38. The zero-order valence-corrected chi connectivity index (χ0v) is 10.5. The lowest BCUT2D eigenvalue weighted by molar-refractivity contribution is -0.0737. The lowest BCUT2D eigenvalue weighted by Crippen LogP contribution is -2.37. The van der Waals surface area contributed by atoms with Crippen molar-refractivity contribution in [2.45, 2.75) is 31.3 Å². The number of hydrogen-bond donors (Lipinski definition) is 3. The maximum atomic E-state index is 10.2. The van der Waals surface area contributed by atoms with Gasteiger partial charge in [0.2, 0.25) is 0 Å². The molecule has 0 amide bonds. The molecule has 3 rings (SSSR count). The Morgan fingerprint density at radius 2 is 2.37 bits per heavy atom. The lowest BCUT2D eigenvalue weighted by Gasteiger charge is -2.20. The highest BCUT2D eigenvalue weighted by atomic mass is 16.5. The van der Waals surface area contributed by atoms with Crippen LogP contribution < -0.4 is 5.73 Å². The first-order chi connectivity index (χ1) is 9.03. The summed E-state index contributed by atoms with van der Waals surface area (Å²) in [5, 5.41) is 20.2. The summed E-state index contributed by atoms with van der Waals surface area (Å²) in [6, 6.07) is 1.81. The molecule has 3 heterocycles. The van der Waals surface area contributed by atoms with Crippen molar-refractivity contribution in [2.75, 3.05) is 12.3 Å². The standard InChI is InChI=1S/C12H16N4O3/c1-12(18)4-9(19-8(12)5-17)16-3-2-7-10(13)14-6-15-11(7)16/h2-3,6,8-9,17-18H,4-5H2,1H3,(H2,13,14,15)/t8-,9-,12+/m1/s1. The van der Waals surface area contributed by atoms with E-state index in [1.807, 2.05) is 6.07 Å². The van der Waals surface area contributed by atoms with Gasteiger partial charge in [-0.3, -0.25) is 0 Å². The van der Waals surface area contributed by atoms with E-state index in [2.05, 4.69) is 9.97 Å². The zero-order valence-electron chi connectivity index (χ0n) is 10.5. The minimum absolute atomic E-state index is 0.222. The van der Waals surface area contributed by atoms with E-state index in [1.165, 1.54) is 6.33 Å². The smallest absolute Gasteiger partial charge is 0.147 e. The van der Waals surface area contributed by atoms with E-state index in [4.69, 9.17) is 10.5 Å². The van der Waals surface area contributed by atoms with Crippen LogP contribution >= 0.6 is 0 Å². The summed E-state index contributed by atoms with van der Waals surface area (Å²) in [6.45, 7) is 1.43. The van der Waals surface area contributed by atoms with E-state index >= 15 is 0 Å². The number of ether oxygens (including phenoxy) is 1. The van der Waals surface area contributed by atoms with Crippen LogP contribution in [0.4, 0.5) is 5.82 Å². The SMILES string of the molecule is C[C@]1(O)C[C@H](n2ccc3c(N)ncnc32)O[C@@H]1CO. The van der Waals surface area contributed by atoms with E-state index in [-0.39, 0.29) is 12.8 Å². The number of nitrogen functional groups attached to an aromatic ring is 1. The monoisotopic (exact) mass is 264 g/mol. The number of aromatic nitrogens is 3. The second kappa shape index (κ2) is 4.16. The number of fused-ring (bicyclic) bond motifs is 1. The van der Waals surface area contributed by atoms with Gasteiger partial charge in [-0.05, 0) is 13.0 Å². The fraction of sp³-hybridized carbons (Fsp3) is 0.500. The molecule has 2 aromatic rings. The van der Waals surface area contributed by atoms with Gasteiger partial charge in [0.25, 0.3) is 0 Å². The lowest BCUT2D eigenvalue weighted by atomic mass is 9.98. The van der Waals surface area contributed by atoms with Gasteiger partial charge in [0.15, 0.2) is 0 Å². The van der Waals surface area contributed by atoms with E-state index in [0.29, 0.717) is 17.9 Å². The molecule has 0 aromatic carbocycles. The molecule has 102 valence electrons. The first kappa shape index (κ1) is 12.3. The molecule has 19 heavy (non-hydrogen) atoms. The van der Waals surface area contributed by atoms with Crippen molar-refractivity contribution in [2.24, 2.45) is 0 Å². The van der Waals surface area contributed by atoms with Crippen LogP contribution in [-0.4, -0.2) is 43.1 Å². The Morgan fingerprint density at radius 3 is 3.05 bits per heavy atom. The van der Waals surface area contributed by atoms with Crippen molar-refractivity contribution in [3.63, 3.8) is 0 Å². The average Bonchev–Trinajstić information content (AvgIpc) is 2.90. The van der Waals surface area contributed by atoms with Crippen molar-refractivity contribution in [3.8, 4) is 0 Å². The van der Waals surface area contributed by atoms with Gasteiger partial charge in [0.05, 0.1) is 17.6 Å². The number of aliphatic hydroxyl groups is 2. The minimum atomic E-state index is -1.06. The average molecular weight is 264 g/mol. The van der Waals surface area contributed by atoms with Crippen LogP contribution in [0.25, 0.3) is 11.0 Å². The van der Waals surface area contributed by atoms with Crippen LogP contribution in [0.2, 0.25) is 0 Å². The van der Waals surface area contributed by atoms with Crippen molar-refractivity contribution >= 4 is 16.9 Å². The maximum absolute atomic E-state index is 10.2. The molecule has 0 aliphatic carbocycles. The van der Waals surface area contributed by atoms with Gasteiger partial charge in [0, 0.05) is 12.6 Å². The number of hydrogen-bond acceptors (Lipinski definition) is 6. The molecular weight excluding hydrogens is 248 g/mol. The number of anilines is 1. The number of nitrogens with zero attached hydrogens (tertiary/aromatic N) is 3. The van der Waals surface area contributed by atoms with Crippen LogP contribution in [0.5, 0.6) is 0 Å². The van der Waals surface area contributed by atoms with Crippen molar-refractivity contribution < 1.29 is 14.9 Å². The molecule has 7 nitrogen and oxygen atoms in total. The van der Waals surface area contributed by atoms with E-state index in [1.54, 1.807) is 17.7 Å². The normalized spacial score (nSPS) is 31.1. The molecule has 7 heteroatoms. The molecule has 0 saturated carbocycles. The minimum Gasteiger partial charge on any atom is -0.394 e. The van der Waals surface area contributed by atoms with Crippen LogP contribution in [0.3, 0.4) is 0 Å². The molecule has 2 aromatic heterocycles. The van der Waals surface area contributed by atoms with Crippen LogP contribution in [0, 0.1) is 0 Å². The third kappa shape index (κ3) is 1.86. The van der Waals surface area contributed by atoms with E-state index in [9.17, 15) is 10.2 Å². The summed E-state index contributed by atoms with van der Waals surface area (Å²) in [5.74, 6) is 0.409. The second-order valence-electron chi connectivity index (χ2n) is 5.04. The maximum Gasteiger partial charge on any atom is 0.147 e. The predicted octanol–water partition coefficient (Wildman–Crippen LogP) is 0.0443. The molecule has 1 fully saturated rings. The van der Waals surface area contributed by atoms with Crippen LogP contribution in [-0.2, 0) is 4.74 Å². The Bertz CT molecular complexity index is 610. The van der Waals surface area contributed by atoms with Gasteiger partial charge in [-0.25, -0.2) is 9.97 Å². The molecule has 1 aliphatic rings. The van der Waals surface area contributed by atoms with Gasteiger partial charge in [0.1, 0.15) is 30.1 Å². The Labute approximate surface area is 109 Å². The molecule has 4 N–H and O–H groups in total. The highest BCUT2D eigenvalue weighted by Gasteiger charge is 2.44. The largest absolute Gasteiger partial charge is 0.394 e. The van der Waals surface area contributed by atoms with Gasteiger partial charge in [-0.2, -0.15) is 0 Å². The number of rotatable bonds is 2. The number of nitrogens with two attached hydrogens (primary N) is 1. The molecule has 3 atom stereocenters. The van der Waals surface area contributed by atoms with Gasteiger partial charge >= 0.3 is 0 Å². The summed E-state index contributed by atoms with van der Waals surface area (Å²) in [6.07, 6.45) is 2.60. The molecule has 0 spiro atoms. The topological polar surface area (TPSA) is 106 Å². The van der Waals surface area contributed by atoms with Crippen LogP contribution in [0.1, 0.15) is 19.6 Å². The van der Waals surface area contributed by atoms with Gasteiger partial charge in [-0.15, -0.1) is 0 Å². The highest BCUT2D eigenvalue weighted by Crippen LogP contribution is 2.37. The summed E-state index contributed by atoms with van der Waals surface area (Å²) in [7, 11) is 0. The molecule has 0 unspecified atom stereocenters. The molecule has 1 saturated heterocycles. The second-order valence-corrected chi connectivity index (χ2v) is 5.04. The zero-order chi connectivity index (χ0) is 13.6. The summed E-state index contributed by atoms with van der Waals surface area (Å²) >= 11 is 0. The number of aliphatic hydroxyl groups excluding tert-OH is 1. The first-order valence-electron chi connectivity index (χ1n) is 6.08. The Kier molecular flexibility index (Phi) is 2.70. The van der Waals surface area contributed by atoms with E-state index in [0.717, 1.165) is 5.39 Å². The van der Waals surface area contributed by atoms with Crippen molar-refractivity contribution in [1.82, 2.24) is 14.5 Å². The summed E-state index contributed by atoms with van der Waals surface area (Å²) in [4.78, 5) is 8.12. The van der Waals surface area contributed by atoms with E-state index < -0.39 is 11.7 Å². The molecule has 0 radical (unpaired) electrons. The predicted molar refractivity (Wildman–Crippen MR) is 68.2 cm³/mol. The Balaban J connectivity index is 2.00. The first-order valence-corrected chi connectivity index (χ1v) is 6.08. The Hall–Kier alpha value is -1.70.